The Morgan fingerprint density at radius 2 is 2.03 bits per heavy atom. The number of carbonyl (C=O) groups is 2. The molecule has 4 N–H and O–H groups in total. The van der Waals surface area contributed by atoms with Crippen LogP contribution >= 0.6 is 0 Å². The van der Waals surface area contributed by atoms with Crippen LogP contribution in [0.4, 0.5) is 19.0 Å². The number of H-pyrrole nitrogens is 1. The first-order valence-electron chi connectivity index (χ1n) is 10.0. The summed E-state index contributed by atoms with van der Waals surface area (Å²) in [5.74, 6) is -1.73. The molecule has 0 fully saturated rings. The predicted molar refractivity (Wildman–Crippen MR) is 112 cm³/mol. The zero-order valence-corrected chi connectivity index (χ0v) is 17.4. The quantitative estimate of drug-likeness (QED) is 0.482. The molecule has 2 aromatic heterocycles. The lowest BCUT2D eigenvalue weighted by molar-refractivity contribution is -0.173. The fraction of sp³-hybridized carbons (Fsp3) is 0.333. The van der Waals surface area contributed by atoms with Crippen molar-refractivity contribution >= 4 is 28.7 Å². The standard InChI is InChI=1S/C21H21F3N6O2/c1-10(9-26-20(32)21(22,23)24)27-18-11(2)28-15-5-3-4-12(17(15)30-18)16-8-13-14(29-16)6-7-25-19(13)31/h3-5,8,10,29H,6-7,9H2,1-2H3,(H,25,31)(H,26,32)(H,27,30). The molecule has 0 saturated heterocycles. The molecule has 11 heteroatoms. The van der Waals surface area contributed by atoms with Crippen molar-refractivity contribution < 1.29 is 22.8 Å². The van der Waals surface area contributed by atoms with Crippen LogP contribution in [-0.2, 0) is 11.2 Å². The number of aromatic amines is 1. The second-order valence-corrected chi connectivity index (χ2v) is 7.67. The lowest BCUT2D eigenvalue weighted by Crippen LogP contribution is -2.42. The Hall–Kier alpha value is -3.63. The molecule has 0 saturated carbocycles. The Labute approximate surface area is 181 Å². The summed E-state index contributed by atoms with van der Waals surface area (Å²) >= 11 is 0. The van der Waals surface area contributed by atoms with E-state index >= 15 is 0 Å². The first-order chi connectivity index (χ1) is 15.1. The molecule has 1 aliphatic rings. The second-order valence-electron chi connectivity index (χ2n) is 7.67. The lowest BCUT2D eigenvalue weighted by atomic mass is 10.1. The van der Waals surface area contributed by atoms with Crippen molar-refractivity contribution in [2.24, 2.45) is 0 Å². The minimum atomic E-state index is -4.93. The van der Waals surface area contributed by atoms with Crippen molar-refractivity contribution in [3.05, 3.63) is 41.2 Å². The number of hydrogen-bond donors (Lipinski definition) is 4. The molecule has 0 aliphatic carbocycles. The Kier molecular flexibility index (Phi) is 5.49. The summed E-state index contributed by atoms with van der Waals surface area (Å²) in [4.78, 5) is 35.7. The SMILES string of the molecule is Cc1nc2cccc(-c3cc4c([nH]3)CCNC4=O)c2nc1NC(C)CNC(=O)C(F)(F)F. The van der Waals surface area contributed by atoms with Gasteiger partial charge in [-0.25, -0.2) is 9.97 Å². The Morgan fingerprint density at radius 1 is 1.25 bits per heavy atom. The van der Waals surface area contributed by atoms with Gasteiger partial charge in [0, 0.05) is 42.5 Å². The summed E-state index contributed by atoms with van der Waals surface area (Å²) in [5.41, 5.74) is 4.70. The smallest absolute Gasteiger partial charge is 0.364 e. The summed E-state index contributed by atoms with van der Waals surface area (Å²) in [6.45, 7) is 3.69. The number of amides is 2. The van der Waals surface area contributed by atoms with Gasteiger partial charge in [0.05, 0.1) is 16.8 Å². The number of nitrogens with zero attached hydrogens (tertiary/aromatic N) is 2. The molecule has 0 spiro atoms. The van der Waals surface area contributed by atoms with Crippen LogP contribution in [-0.4, -0.2) is 52.1 Å². The highest BCUT2D eigenvalue weighted by atomic mass is 19.4. The van der Waals surface area contributed by atoms with Gasteiger partial charge < -0.3 is 20.9 Å². The highest BCUT2D eigenvalue weighted by molar-refractivity contribution is 5.99. The zero-order chi connectivity index (χ0) is 23.0. The molecule has 1 aromatic carbocycles. The van der Waals surface area contributed by atoms with Gasteiger partial charge in [0.15, 0.2) is 0 Å². The van der Waals surface area contributed by atoms with Gasteiger partial charge >= 0.3 is 12.1 Å². The molecule has 4 rings (SSSR count). The average molecular weight is 446 g/mol. The molecule has 1 aliphatic heterocycles. The van der Waals surface area contributed by atoms with E-state index in [1.165, 1.54) is 0 Å². The van der Waals surface area contributed by atoms with Crippen LogP contribution in [0.15, 0.2) is 24.3 Å². The van der Waals surface area contributed by atoms with Crippen molar-refractivity contribution in [3.63, 3.8) is 0 Å². The number of para-hydroxylation sites is 1. The van der Waals surface area contributed by atoms with Gasteiger partial charge in [-0.2, -0.15) is 13.2 Å². The number of carbonyl (C=O) groups excluding carboxylic acids is 2. The molecule has 1 atom stereocenters. The Bertz CT molecular complexity index is 1200. The van der Waals surface area contributed by atoms with E-state index in [1.807, 2.05) is 23.5 Å². The number of halogens is 3. The first-order valence-corrected chi connectivity index (χ1v) is 10.0. The van der Waals surface area contributed by atoms with E-state index in [1.54, 1.807) is 19.9 Å². The van der Waals surface area contributed by atoms with Crippen LogP contribution < -0.4 is 16.0 Å². The van der Waals surface area contributed by atoms with Gasteiger partial charge in [0.1, 0.15) is 11.3 Å². The fourth-order valence-corrected chi connectivity index (χ4v) is 3.59. The summed E-state index contributed by atoms with van der Waals surface area (Å²) in [6, 6.07) is 6.76. The number of nitrogens with one attached hydrogen (secondary N) is 4. The normalized spacial score (nSPS) is 14.6. The topological polar surface area (TPSA) is 112 Å². The van der Waals surface area contributed by atoms with Gasteiger partial charge in [-0.15, -0.1) is 0 Å². The molecule has 3 aromatic rings. The van der Waals surface area contributed by atoms with Crippen LogP contribution in [0.2, 0.25) is 0 Å². The molecule has 168 valence electrons. The van der Waals surface area contributed by atoms with Crippen LogP contribution in [0.3, 0.4) is 0 Å². The van der Waals surface area contributed by atoms with Crippen molar-refractivity contribution in [1.82, 2.24) is 25.6 Å². The van der Waals surface area contributed by atoms with E-state index < -0.39 is 18.1 Å². The van der Waals surface area contributed by atoms with E-state index in [-0.39, 0.29) is 12.5 Å². The molecular weight excluding hydrogens is 425 g/mol. The highest BCUT2D eigenvalue weighted by Crippen LogP contribution is 2.30. The van der Waals surface area contributed by atoms with Crippen LogP contribution in [0.25, 0.3) is 22.3 Å². The third-order valence-corrected chi connectivity index (χ3v) is 5.17. The monoisotopic (exact) mass is 446 g/mol. The van der Waals surface area contributed by atoms with Crippen molar-refractivity contribution in [1.29, 1.82) is 0 Å². The van der Waals surface area contributed by atoms with Gasteiger partial charge in [-0.1, -0.05) is 12.1 Å². The fourth-order valence-electron chi connectivity index (χ4n) is 3.59. The van der Waals surface area contributed by atoms with Crippen LogP contribution in [0, 0.1) is 6.92 Å². The number of hydrogen-bond acceptors (Lipinski definition) is 5. The molecule has 0 bridgehead atoms. The van der Waals surface area contributed by atoms with E-state index in [9.17, 15) is 22.8 Å². The Balaban J connectivity index is 1.63. The summed E-state index contributed by atoms with van der Waals surface area (Å²) in [5, 5.41) is 7.67. The van der Waals surface area contributed by atoms with Crippen molar-refractivity contribution in [2.75, 3.05) is 18.4 Å². The molecule has 3 heterocycles. The number of anilines is 1. The Morgan fingerprint density at radius 3 is 2.75 bits per heavy atom. The maximum atomic E-state index is 12.4. The van der Waals surface area contributed by atoms with E-state index in [2.05, 4.69) is 25.6 Å². The number of aromatic nitrogens is 3. The minimum Gasteiger partial charge on any atom is -0.364 e. The van der Waals surface area contributed by atoms with E-state index in [4.69, 9.17) is 0 Å². The predicted octanol–water partition coefficient (Wildman–Crippen LogP) is 2.70. The minimum absolute atomic E-state index is 0.131. The number of rotatable bonds is 5. The third-order valence-electron chi connectivity index (χ3n) is 5.17. The van der Waals surface area contributed by atoms with Gasteiger partial charge in [0.2, 0.25) is 0 Å². The molecule has 8 nitrogen and oxygen atoms in total. The average Bonchev–Trinajstić information content (AvgIpc) is 3.17. The molecule has 2 amide bonds. The molecular formula is C21H21F3N6O2. The summed E-state index contributed by atoms with van der Waals surface area (Å²) < 4.78 is 37.2. The van der Waals surface area contributed by atoms with Crippen molar-refractivity contribution in [3.8, 4) is 11.3 Å². The lowest BCUT2D eigenvalue weighted by Gasteiger charge is -2.18. The van der Waals surface area contributed by atoms with Gasteiger partial charge in [-0.05, 0) is 26.0 Å². The number of aryl methyl sites for hydroxylation is 1. The van der Waals surface area contributed by atoms with Crippen molar-refractivity contribution in [2.45, 2.75) is 32.5 Å². The zero-order valence-electron chi connectivity index (χ0n) is 17.4. The van der Waals surface area contributed by atoms with Crippen LogP contribution in [0.5, 0.6) is 0 Å². The summed E-state index contributed by atoms with van der Waals surface area (Å²) in [7, 11) is 0. The molecule has 1 unspecified atom stereocenters. The second kappa shape index (κ2) is 8.13. The van der Waals surface area contributed by atoms with Gasteiger partial charge in [-0.3, -0.25) is 9.59 Å². The first kappa shape index (κ1) is 21.6. The van der Waals surface area contributed by atoms with Gasteiger partial charge in [0.25, 0.3) is 5.91 Å². The number of alkyl halides is 3. The maximum Gasteiger partial charge on any atom is 0.471 e. The largest absolute Gasteiger partial charge is 0.471 e. The molecule has 32 heavy (non-hydrogen) atoms. The van der Waals surface area contributed by atoms with E-state index in [0.29, 0.717) is 41.1 Å². The molecule has 0 radical (unpaired) electrons. The third kappa shape index (κ3) is 4.23. The number of benzene rings is 1. The van der Waals surface area contributed by atoms with E-state index in [0.717, 1.165) is 17.0 Å². The van der Waals surface area contributed by atoms with Crippen LogP contribution in [0.1, 0.15) is 28.7 Å². The summed E-state index contributed by atoms with van der Waals surface area (Å²) in [6.07, 6.45) is -4.23. The maximum absolute atomic E-state index is 12.4. The number of fused-ring (bicyclic) bond motifs is 2. The highest BCUT2D eigenvalue weighted by Gasteiger charge is 2.38.